The predicted molar refractivity (Wildman–Crippen MR) is 62.7 cm³/mol. The number of aliphatic carboxylic acids is 1. The summed E-state index contributed by atoms with van der Waals surface area (Å²) < 4.78 is 0. The Balaban J connectivity index is 2.70. The van der Waals surface area contributed by atoms with Crippen LogP contribution in [0.25, 0.3) is 0 Å². The van der Waals surface area contributed by atoms with Crippen LogP contribution in [0, 0.1) is 6.92 Å². The average molecular weight is 241 g/mol. The van der Waals surface area contributed by atoms with Crippen LogP contribution in [0.4, 0.5) is 0 Å². The standard InChI is InChI=1S/C11H15NO3S/c1-7-4-5-9(16-7)8(2)11(15)12(3)6-10(13)14/h4-5,8H,6H2,1-3H3,(H,13,14). The molecule has 0 spiro atoms. The van der Waals surface area contributed by atoms with Crippen LogP contribution in [0.3, 0.4) is 0 Å². The molecule has 0 saturated heterocycles. The summed E-state index contributed by atoms with van der Waals surface area (Å²) in [4.78, 5) is 25.7. The number of carbonyl (C=O) groups is 2. The Morgan fingerprint density at radius 2 is 2.12 bits per heavy atom. The van der Waals surface area contributed by atoms with Crippen LogP contribution in [0.1, 0.15) is 22.6 Å². The van der Waals surface area contributed by atoms with E-state index in [2.05, 4.69) is 0 Å². The molecular weight excluding hydrogens is 226 g/mol. The molecule has 0 bridgehead atoms. The lowest BCUT2D eigenvalue weighted by atomic mass is 10.1. The Morgan fingerprint density at radius 3 is 2.56 bits per heavy atom. The number of aryl methyl sites for hydroxylation is 1. The van der Waals surface area contributed by atoms with E-state index in [0.717, 1.165) is 9.75 Å². The fourth-order valence-corrected chi connectivity index (χ4v) is 2.34. The van der Waals surface area contributed by atoms with Crippen molar-refractivity contribution < 1.29 is 14.7 Å². The molecule has 1 unspecified atom stereocenters. The van der Waals surface area contributed by atoms with Gasteiger partial charge in [-0.15, -0.1) is 11.3 Å². The molecule has 0 radical (unpaired) electrons. The van der Waals surface area contributed by atoms with Gasteiger partial charge in [0.05, 0.1) is 5.92 Å². The lowest BCUT2D eigenvalue weighted by Gasteiger charge is -2.18. The number of hydrogen-bond acceptors (Lipinski definition) is 3. The maximum absolute atomic E-state index is 11.9. The highest BCUT2D eigenvalue weighted by Crippen LogP contribution is 2.25. The Bertz CT molecular complexity index is 400. The van der Waals surface area contributed by atoms with Gasteiger partial charge in [-0.05, 0) is 26.0 Å². The van der Waals surface area contributed by atoms with E-state index in [4.69, 9.17) is 5.11 Å². The molecule has 1 aromatic rings. The lowest BCUT2D eigenvalue weighted by molar-refractivity contribution is -0.143. The van der Waals surface area contributed by atoms with Crippen molar-refractivity contribution in [1.82, 2.24) is 4.90 Å². The van der Waals surface area contributed by atoms with Gasteiger partial charge in [0.1, 0.15) is 6.54 Å². The SMILES string of the molecule is Cc1ccc(C(C)C(=O)N(C)CC(=O)O)s1. The van der Waals surface area contributed by atoms with Crippen molar-refractivity contribution in [2.45, 2.75) is 19.8 Å². The number of carboxylic acids is 1. The van der Waals surface area contributed by atoms with Gasteiger partial charge in [0.2, 0.25) is 5.91 Å². The smallest absolute Gasteiger partial charge is 0.323 e. The first-order valence-corrected chi connectivity index (χ1v) is 5.76. The summed E-state index contributed by atoms with van der Waals surface area (Å²) in [7, 11) is 1.51. The van der Waals surface area contributed by atoms with Gasteiger partial charge in [0, 0.05) is 16.8 Å². The van der Waals surface area contributed by atoms with Crippen LogP contribution >= 0.6 is 11.3 Å². The number of carbonyl (C=O) groups excluding carboxylic acids is 1. The minimum absolute atomic E-state index is 0.163. The summed E-state index contributed by atoms with van der Waals surface area (Å²) in [6.07, 6.45) is 0. The molecule has 1 rings (SSSR count). The second-order valence-corrected chi connectivity index (χ2v) is 5.08. The Hall–Kier alpha value is -1.36. The Morgan fingerprint density at radius 1 is 1.50 bits per heavy atom. The van der Waals surface area contributed by atoms with Gasteiger partial charge in [-0.1, -0.05) is 0 Å². The van der Waals surface area contributed by atoms with Crippen molar-refractivity contribution >= 4 is 23.2 Å². The van der Waals surface area contributed by atoms with E-state index in [1.165, 1.54) is 11.9 Å². The number of amides is 1. The molecule has 0 aliphatic rings. The Labute approximate surface area is 98.5 Å². The average Bonchev–Trinajstić information content (AvgIpc) is 2.61. The highest BCUT2D eigenvalue weighted by Gasteiger charge is 2.21. The molecule has 5 heteroatoms. The molecule has 4 nitrogen and oxygen atoms in total. The van der Waals surface area contributed by atoms with Crippen molar-refractivity contribution in [1.29, 1.82) is 0 Å². The van der Waals surface area contributed by atoms with Gasteiger partial charge in [-0.3, -0.25) is 9.59 Å². The second-order valence-electron chi connectivity index (χ2n) is 3.76. The van der Waals surface area contributed by atoms with Crippen LogP contribution in [0.15, 0.2) is 12.1 Å². The molecule has 0 aliphatic heterocycles. The monoisotopic (exact) mass is 241 g/mol. The van der Waals surface area contributed by atoms with Crippen molar-refractivity contribution in [3.63, 3.8) is 0 Å². The van der Waals surface area contributed by atoms with Crippen molar-refractivity contribution in [2.24, 2.45) is 0 Å². The fourth-order valence-electron chi connectivity index (χ4n) is 1.42. The van der Waals surface area contributed by atoms with Crippen LogP contribution in [0.2, 0.25) is 0 Å². The molecular formula is C11H15NO3S. The highest BCUT2D eigenvalue weighted by molar-refractivity contribution is 7.12. The van der Waals surface area contributed by atoms with Crippen molar-refractivity contribution in [2.75, 3.05) is 13.6 Å². The molecule has 1 amide bonds. The maximum atomic E-state index is 11.9. The van der Waals surface area contributed by atoms with E-state index < -0.39 is 5.97 Å². The van der Waals surface area contributed by atoms with E-state index in [0.29, 0.717) is 0 Å². The van der Waals surface area contributed by atoms with E-state index in [1.54, 1.807) is 18.3 Å². The first kappa shape index (κ1) is 12.7. The molecule has 0 aromatic carbocycles. The fraction of sp³-hybridized carbons (Fsp3) is 0.455. The summed E-state index contributed by atoms with van der Waals surface area (Å²) in [5, 5.41) is 8.60. The van der Waals surface area contributed by atoms with Crippen LogP contribution in [-0.4, -0.2) is 35.5 Å². The van der Waals surface area contributed by atoms with Gasteiger partial charge in [0.25, 0.3) is 0 Å². The maximum Gasteiger partial charge on any atom is 0.323 e. The molecule has 1 N–H and O–H groups in total. The van der Waals surface area contributed by atoms with E-state index in [-0.39, 0.29) is 18.4 Å². The van der Waals surface area contributed by atoms with Gasteiger partial charge in [-0.25, -0.2) is 0 Å². The molecule has 0 saturated carbocycles. The zero-order chi connectivity index (χ0) is 12.3. The summed E-state index contributed by atoms with van der Waals surface area (Å²) in [5.41, 5.74) is 0. The summed E-state index contributed by atoms with van der Waals surface area (Å²) in [6, 6.07) is 3.87. The van der Waals surface area contributed by atoms with E-state index in [9.17, 15) is 9.59 Å². The van der Waals surface area contributed by atoms with E-state index in [1.807, 2.05) is 19.1 Å². The van der Waals surface area contributed by atoms with Gasteiger partial charge in [-0.2, -0.15) is 0 Å². The number of rotatable bonds is 4. The molecule has 1 heterocycles. The third-order valence-electron chi connectivity index (χ3n) is 2.31. The molecule has 1 aromatic heterocycles. The number of thiophene rings is 1. The molecule has 16 heavy (non-hydrogen) atoms. The van der Waals surface area contributed by atoms with Gasteiger partial charge in [0.15, 0.2) is 0 Å². The lowest BCUT2D eigenvalue weighted by Crippen LogP contribution is -2.34. The number of hydrogen-bond donors (Lipinski definition) is 1. The number of nitrogens with zero attached hydrogens (tertiary/aromatic N) is 1. The zero-order valence-electron chi connectivity index (χ0n) is 9.56. The third kappa shape index (κ3) is 3.06. The topological polar surface area (TPSA) is 57.6 Å². The van der Waals surface area contributed by atoms with Crippen LogP contribution in [0.5, 0.6) is 0 Å². The quantitative estimate of drug-likeness (QED) is 0.873. The number of likely N-dealkylation sites (N-methyl/N-ethyl adjacent to an activating group) is 1. The predicted octanol–water partition coefficient (Wildman–Crippen LogP) is 1.70. The normalized spacial score (nSPS) is 12.2. The molecule has 1 atom stereocenters. The molecule has 0 aliphatic carbocycles. The molecule has 88 valence electrons. The minimum atomic E-state index is -0.995. The van der Waals surface area contributed by atoms with Crippen LogP contribution < -0.4 is 0 Å². The Kier molecular flexibility index (Phi) is 4.06. The van der Waals surface area contributed by atoms with E-state index >= 15 is 0 Å². The number of carboxylic acid groups (broad SMARTS) is 1. The highest BCUT2D eigenvalue weighted by atomic mass is 32.1. The van der Waals surface area contributed by atoms with Crippen LogP contribution in [-0.2, 0) is 9.59 Å². The zero-order valence-corrected chi connectivity index (χ0v) is 10.4. The summed E-state index contributed by atoms with van der Waals surface area (Å²) >= 11 is 1.57. The summed E-state index contributed by atoms with van der Waals surface area (Å²) in [6.45, 7) is 3.52. The minimum Gasteiger partial charge on any atom is -0.480 e. The largest absolute Gasteiger partial charge is 0.480 e. The summed E-state index contributed by atoms with van der Waals surface area (Å²) in [5.74, 6) is -1.43. The molecule has 0 fully saturated rings. The van der Waals surface area contributed by atoms with Gasteiger partial charge < -0.3 is 10.0 Å². The van der Waals surface area contributed by atoms with Gasteiger partial charge >= 0.3 is 5.97 Å². The van der Waals surface area contributed by atoms with Crippen molar-refractivity contribution in [3.8, 4) is 0 Å². The third-order valence-corrected chi connectivity index (χ3v) is 3.49. The van der Waals surface area contributed by atoms with Crippen molar-refractivity contribution in [3.05, 3.63) is 21.9 Å². The first-order chi connectivity index (χ1) is 7.41. The first-order valence-electron chi connectivity index (χ1n) is 4.95. The second kappa shape index (κ2) is 5.12.